The van der Waals surface area contributed by atoms with Gasteiger partial charge in [0.05, 0.1) is 29.8 Å². The summed E-state index contributed by atoms with van der Waals surface area (Å²) in [7, 11) is 0. The van der Waals surface area contributed by atoms with Crippen molar-refractivity contribution in [1.29, 1.82) is 0 Å². The molecule has 13 heteroatoms. The molecule has 0 bridgehead atoms. The van der Waals surface area contributed by atoms with Crippen LogP contribution in [-0.2, 0) is 32.0 Å². The Balaban J connectivity index is 1.25. The van der Waals surface area contributed by atoms with Crippen molar-refractivity contribution in [1.82, 2.24) is 31.1 Å². The fourth-order valence-electron chi connectivity index (χ4n) is 8.89. The molecule has 2 aromatic carbocycles. The minimum Gasteiger partial charge on any atom is -0.346 e. The van der Waals surface area contributed by atoms with Crippen LogP contribution in [0.25, 0.3) is 0 Å². The third kappa shape index (κ3) is 8.65. The van der Waals surface area contributed by atoms with E-state index in [0.29, 0.717) is 36.9 Å². The Morgan fingerprint density at radius 1 is 0.930 bits per heavy atom. The molecule has 0 aromatic heterocycles. The second kappa shape index (κ2) is 17.2. The van der Waals surface area contributed by atoms with Crippen LogP contribution in [0.1, 0.15) is 84.7 Å². The molecule has 300 valence electrons. The maximum atomic E-state index is 15.0. The van der Waals surface area contributed by atoms with Crippen molar-refractivity contribution in [2.45, 2.75) is 89.9 Å². The van der Waals surface area contributed by atoms with Gasteiger partial charge in [0.15, 0.2) is 0 Å². The SMILES string of the molecule is C#CCCC(NC(=O)[C@@H]1[C@H]2CCC[C@H]2CN1C(=O)[C@@H](NC(=O)N[C@H](CN1C(=O)c2ccccc2C1=O)C(C)(C)C)C1Cc2ccccc2C1)C(=O)C(=O)NCC=C. The first-order chi connectivity index (χ1) is 27.2. The lowest BCUT2D eigenvalue weighted by molar-refractivity contribution is -0.144. The number of nitrogens with zero attached hydrogens (tertiary/aromatic N) is 2. The van der Waals surface area contributed by atoms with E-state index < -0.39 is 70.9 Å². The Labute approximate surface area is 333 Å². The number of terminal acetylenes is 1. The monoisotopic (exact) mass is 776 g/mol. The molecule has 4 N–H and O–H groups in total. The lowest BCUT2D eigenvalue weighted by Crippen LogP contribution is -2.61. The summed E-state index contributed by atoms with van der Waals surface area (Å²) >= 11 is 0. The molecule has 7 amide bonds. The van der Waals surface area contributed by atoms with Gasteiger partial charge in [-0.3, -0.25) is 33.7 Å². The summed E-state index contributed by atoms with van der Waals surface area (Å²) in [5, 5.41) is 11.2. The molecule has 2 aromatic rings. The van der Waals surface area contributed by atoms with Crippen molar-refractivity contribution in [2.24, 2.45) is 23.2 Å². The molecule has 2 heterocycles. The first-order valence-electron chi connectivity index (χ1n) is 19.8. The van der Waals surface area contributed by atoms with Gasteiger partial charge in [0, 0.05) is 19.5 Å². The zero-order valence-electron chi connectivity index (χ0n) is 32.8. The molecule has 4 aliphatic rings. The number of rotatable bonds is 14. The van der Waals surface area contributed by atoms with E-state index >= 15 is 0 Å². The number of Topliss-reactive ketones (excluding diaryl/α,β-unsaturated/α-hetero) is 1. The van der Waals surface area contributed by atoms with E-state index in [4.69, 9.17) is 6.42 Å². The molecule has 2 aliphatic heterocycles. The first-order valence-corrected chi connectivity index (χ1v) is 19.8. The van der Waals surface area contributed by atoms with E-state index in [2.05, 4.69) is 33.8 Å². The van der Waals surface area contributed by atoms with E-state index in [0.717, 1.165) is 28.9 Å². The average molecular weight is 777 g/mol. The van der Waals surface area contributed by atoms with Crippen LogP contribution in [-0.4, -0.2) is 95.0 Å². The van der Waals surface area contributed by atoms with Crippen molar-refractivity contribution in [3.8, 4) is 12.3 Å². The van der Waals surface area contributed by atoms with Crippen LogP contribution in [0.3, 0.4) is 0 Å². The molecular weight excluding hydrogens is 725 g/mol. The summed E-state index contributed by atoms with van der Waals surface area (Å²) in [4.78, 5) is 98.6. The molecule has 6 rings (SSSR count). The van der Waals surface area contributed by atoms with Crippen molar-refractivity contribution in [3.63, 3.8) is 0 Å². The summed E-state index contributed by atoms with van der Waals surface area (Å²) in [5.74, 6) is -1.55. The highest BCUT2D eigenvalue weighted by molar-refractivity contribution is 6.38. The lowest BCUT2D eigenvalue weighted by atomic mass is 9.86. The van der Waals surface area contributed by atoms with Crippen LogP contribution in [0.4, 0.5) is 4.79 Å². The van der Waals surface area contributed by atoms with Crippen molar-refractivity contribution < 1.29 is 33.6 Å². The first kappa shape index (κ1) is 40.9. The predicted octanol–water partition coefficient (Wildman–Crippen LogP) is 3.18. The number of nitrogens with one attached hydrogen (secondary N) is 4. The number of ketones is 1. The van der Waals surface area contributed by atoms with Gasteiger partial charge in [-0.2, -0.15) is 0 Å². The number of carbonyl (C=O) groups is 7. The zero-order valence-corrected chi connectivity index (χ0v) is 32.8. The number of fused-ring (bicyclic) bond motifs is 3. The molecule has 1 unspecified atom stereocenters. The molecule has 0 spiro atoms. The fourth-order valence-corrected chi connectivity index (χ4v) is 8.89. The zero-order chi connectivity index (χ0) is 41.0. The summed E-state index contributed by atoms with van der Waals surface area (Å²) in [6, 6.07) is 9.96. The van der Waals surface area contributed by atoms with Crippen LogP contribution >= 0.6 is 0 Å². The predicted molar refractivity (Wildman–Crippen MR) is 212 cm³/mol. The van der Waals surface area contributed by atoms with Gasteiger partial charge in [-0.15, -0.1) is 18.9 Å². The number of benzene rings is 2. The smallest absolute Gasteiger partial charge is 0.315 e. The van der Waals surface area contributed by atoms with Gasteiger partial charge in [0.2, 0.25) is 17.6 Å². The van der Waals surface area contributed by atoms with E-state index in [1.54, 1.807) is 29.2 Å². The third-order valence-electron chi connectivity index (χ3n) is 12.0. The normalized spacial score (nSPS) is 21.4. The van der Waals surface area contributed by atoms with E-state index in [1.165, 1.54) is 6.08 Å². The van der Waals surface area contributed by atoms with Gasteiger partial charge in [-0.25, -0.2) is 4.79 Å². The molecule has 2 fully saturated rings. The summed E-state index contributed by atoms with van der Waals surface area (Å²) < 4.78 is 0. The lowest BCUT2D eigenvalue weighted by Gasteiger charge is -2.36. The van der Waals surface area contributed by atoms with Crippen LogP contribution in [0.2, 0.25) is 0 Å². The van der Waals surface area contributed by atoms with E-state index in [-0.39, 0.29) is 43.7 Å². The second-order valence-electron chi connectivity index (χ2n) is 16.7. The van der Waals surface area contributed by atoms with Crippen LogP contribution in [0.5, 0.6) is 0 Å². The van der Waals surface area contributed by atoms with Gasteiger partial charge < -0.3 is 26.2 Å². The number of urea groups is 1. The van der Waals surface area contributed by atoms with Crippen molar-refractivity contribution in [3.05, 3.63) is 83.4 Å². The summed E-state index contributed by atoms with van der Waals surface area (Å²) in [6.45, 7) is 9.52. The molecule has 2 aliphatic carbocycles. The van der Waals surface area contributed by atoms with Gasteiger partial charge in [-0.1, -0.05) is 69.7 Å². The molecule has 13 nitrogen and oxygen atoms in total. The molecular formula is C44H52N6O7. The third-order valence-corrected chi connectivity index (χ3v) is 12.0. The van der Waals surface area contributed by atoms with Crippen LogP contribution in [0.15, 0.2) is 61.2 Å². The summed E-state index contributed by atoms with van der Waals surface area (Å²) in [6.07, 6.45) is 10.5. The highest BCUT2D eigenvalue weighted by Gasteiger charge is 2.52. The highest BCUT2D eigenvalue weighted by Crippen LogP contribution is 2.43. The van der Waals surface area contributed by atoms with Crippen molar-refractivity contribution in [2.75, 3.05) is 19.6 Å². The number of hydrogen-bond acceptors (Lipinski definition) is 7. The summed E-state index contributed by atoms with van der Waals surface area (Å²) in [5.41, 5.74) is 2.14. The highest BCUT2D eigenvalue weighted by atomic mass is 16.2. The second-order valence-corrected chi connectivity index (χ2v) is 16.7. The standard InChI is InChI=1S/C44H52N6O7/c1-6-8-20-33(37(51)39(53)45-21-7-2)46-38(52)36-30-19-13-16-28(30)24-49(36)42(56)35(29-22-26-14-9-10-15-27(26)23-29)48-43(57)47-34(44(3,4)5)25-50-40(54)31-17-11-12-18-32(31)41(50)55/h1,7,9-12,14-15,17-18,28-30,33-36H,2,8,13,16,19-25H2,3-5H3,(H,45,53)(H,46,52)(H2,47,48,57)/t28-,30-,33?,34+,35-,36-/m0/s1. The number of imide groups is 1. The van der Waals surface area contributed by atoms with Crippen LogP contribution in [0, 0.1) is 35.5 Å². The molecule has 0 radical (unpaired) electrons. The quantitative estimate of drug-likeness (QED) is 0.0988. The minimum absolute atomic E-state index is 0.0394. The van der Waals surface area contributed by atoms with Gasteiger partial charge in [0.1, 0.15) is 12.1 Å². The Morgan fingerprint density at radius 3 is 2.16 bits per heavy atom. The number of likely N-dealkylation sites (tertiary alicyclic amines) is 1. The molecule has 1 saturated carbocycles. The molecule has 57 heavy (non-hydrogen) atoms. The molecule has 1 saturated heterocycles. The van der Waals surface area contributed by atoms with Gasteiger partial charge >= 0.3 is 6.03 Å². The largest absolute Gasteiger partial charge is 0.346 e. The van der Waals surface area contributed by atoms with E-state index in [1.807, 2.05) is 45.0 Å². The average Bonchev–Trinajstić information content (AvgIpc) is 3.96. The Bertz CT molecular complexity index is 1940. The van der Waals surface area contributed by atoms with Crippen molar-refractivity contribution >= 4 is 41.4 Å². The van der Waals surface area contributed by atoms with E-state index in [9.17, 15) is 33.6 Å². The van der Waals surface area contributed by atoms with Gasteiger partial charge in [0.25, 0.3) is 17.7 Å². The maximum Gasteiger partial charge on any atom is 0.315 e. The number of hydrogen-bond donors (Lipinski definition) is 4. The fraction of sp³-hybridized carbons (Fsp3) is 0.477. The number of carbonyl (C=O) groups excluding carboxylic acids is 7. The van der Waals surface area contributed by atoms with Crippen LogP contribution < -0.4 is 21.3 Å². The molecule has 6 atom stereocenters. The maximum absolute atomic E-state index is 15.0. The Hall–Kier alpha value is -5.77. The van der Waals surface area contributed by atoms with Gasteiger partial charge in [-0.05, 0) is 78.5 Å². The topological polar surface area (TPSA) is 174 Å². The Morgan fingerprint density at radius 2 is 1.56 bits per heavy atom. The number of amides is 7. The Kier molecular flexibility index (Phi) is 12.3. The minimum atomic E-state index is -1.20.